The van der Waals surface area contributed by atoms with Crippen molar-refractivity contribution in [1.82, 2.24) is 0 Å². The van der Waals surface area contributed by atoms with Crippen molar-refractivity contribution in [2.24, 2.45) is 5.90 Å². The van der Waals surface area contributed by atoms with Crippen LogP contribution in [0.15, 0.2) is 0 Å². The summed E-state index contributed by atoms with van der Waals surface area (Å²) in [6, 6.07) is 0. The van der Waals surface area contributed by atoms with Gasteiger partial charge in [0.1, 0.15) is 0 Å². The molecule has 0 unspecified atom stereocenters. The number of hydrogen-bond donors (Lipinski definition) is 3. The number of nitrogens with two attached hydrogens (primary N) is 1. The van der Waals surface area contributed by atoms with E-state index in [2.05, 4.69) is 5.90 Å². The zero-order chi connectivity index (χ0) is 12.2. The van der Waals surface area contributed by atoms with E-state index in [4.69, 9.17) is 19.1 Å². The molecule has 0 radical (unpaired) electrons. The number of phosphoric ester groups is 1. The van der Waals surface area contributed by atoms with E-state index in [1.807, 2.05) is 13.8 Å². The lowest BCUT2D eigenvalue weighted by molar-refractivity contribution is 0.146. The van der Waals surface area contributed by atoms with Crippen molar-refractivity contribution in [2.45, 2.75) is 39.5 Å². The van der Waals surface area contributed by atoms with Crippen LogP contribution < -0.4 is 5.90 Å². The Balaban J connectivity index is 0. The van der Waals surface area contributed by atoms with Gasteiger partial charge in [0.25, 0.3) is 0 Å². The van der Waals surface area contributed by atoms with Crippen LogP contribution in [0.4, 0.5) is 0 Å². The molecule has 0 saturated heterocycles. The van der Waals surface area contributed by atoms with Crippen LogP contribution in [0.25, 0.3) is 0 Å². The summed E-state index contributed by atoms with van der Waals surface area (Å²) in [6.07, 6.45) is 3.44. The number of unbranched alkanes of at least 4 members (excludes halogenated alkanes) is 2. The van der Waals surface area contributed by atoms with Gasteiger partial charge in [0.15, 0.2) is 0 Å². The van der Waals surface area contributed by atoms with Crippen LogP contribution in [-0.4, -0.2) is 23.3 Å². The molecule has 6 nitrogen and oxygen atoms in total. The summed E-state index contributed by atoms with van der Waals surface area (Å²) in [4.78, 5) is 9.08. The van der Waals surface area contributed by atoms with Gasteiger partial charge < -0.3 is 10.1 Å². The van der Waals surface area contributed by atoms with Crippen LogP contribution in [-0.2, 0) is 13.6 Å². The lowest BCUT2D eigenvalue weighted by Crippen LogP contribution is -1.98. The molecule has 0 aliphatic carbocycles. The normalized spacial score (nSPS) is 10.7. The predicted octanol–water partition coefficient (Wildman–Crippen LogP) is 2.05. The van der Waals surface area contributed by atoms with E-state index < -0.39 is 7.82 Å². The van der Waals surface area contributed by atoms with Gasteiger partial charge in [0, 0.05) is 0 Å². The number of phosphoric acid groups is 1. The van der Waals surface area contributed by atoms with E-state index >= 15 is 0 Å². The molecule has 0 saturated carbocycles. The monoisotopic (exact) mass is 243 g/mol. The van der Waals surface area contributed by atoms with E-state index in [0.717, 1.165) is 25.7 Å². The minimum absolute atomic E-state index is 0.288. The fourth-order valence-corrected chi connectivity index (χ4v) is 1.48. The Labute approximate surface area is 91.0 Å². The van der Waals surface area contributed by atoms with Crippen molar-refractivity contribution in [3.8, 4) is 0 Å². The summed E-state index contributed by atoms with van der Waals surface area (Å²) in [6.45, 7) is 4.56. The summed E-state index contributed by atoms with van der Waals surface area (Å²) in [5.74, 6) is 3.50. The summed E-state index contributed by atoms with van der Waals surface area (Å²) in [5, 5.41) is 6.50. The maximum atomic E-state index is 11.1. The first-order valence-electron chi connectivity index (χ1n) is 5.00. The van der Waals surface area contributed by atoms with E-state index in [-0.39, 0.29) is 13.2 Å². The number of rotatable bonds is 8. The molecule has 0 heterocycles. The van der Waals surface area contributed by atoms with Gasteiger partial charge in [-0.1, -0.05) is 26.7 Å². The number of hydrogen-bond acceptors (Lipinski definition) is 5. The van der Waals surface area contributed by atoms with Crippen LogP contribution in [0, 0.1) is 0 Å². The molecule has 0 aromatic heterocycles. The second-order valence-electron chi connectivity index (χ2n) is 2.84. The summed E-state index contributed by atoms with van der Waals surface area (Å²) < 4.78 is 20.5. The average Bonchev–Trinajstić information content (AvgIpc) is 2.21. The van der Waals surface area contributed by atoms with Gasteiger partial charge in [0.05, 0.1) is 13.2 Å². The Kier molecular flexibility index (Phi) is 14.1. The van der Waals surface area contributed by atoms with Crippen LogP contribution >= 0.6 is 7.82 Å². The SMILES string of the molecule is CCCCOP(=O)(O)OCCCC.NO. The third-order valence-corrected chi connectivity index (χ3v) is 2.52. The molecule has 0 fully saturated rings. The van der Waals surface area contributed by atoms with Gasteiger partial charge in [-0.3, -0.25) is 9.05 Å². The molecule has 0 bridgehead atoms. The molecule has 0 aromatic rings. The third-order valence-electron chi connectivity index (χ3n) is 1.50. The van der Waals surface area contributed by atoms with Crippen molar-refractivity contribution in [3.63, 3.8) is 0 Å². The van der Waals surface area contributed by atoms with Gasteiger partial charge in [-0.15, -0.1) is 0 Å². The van der Waals surface area contributed by atoms with Crippen molar-refractivity contribution >= 4 is 7.82 Å². The molecule has 0 rings (SSSR count). The van der Waals surface area contributed by atoms with Crippen LogP contribution in [0.1, 0.15) is 39.5 Å². The molecule has 0 aliphatic heterocycles. The molecule has 4 N–H and O–H groups in total. The fourth-order valence-electron chi connectivity index (χ4n) is 0.686. The lowest BCUT2D eigenvalue weighted by atomic mass is 10.4. The lowest BCUT2D eigenvalue weighted by Gasteiger charge is -2.10. The highest BCUT2D eigenvalue weighted by Crippen LogP contribution is 2.43. The van der Waals surface area contributed by atoms with Gasteiger partial charge >= 0.3 is 7.82 Å². The van der Waals surface area contributed by atoms with Crippen molar-refractivity contribution < 1.29 is 23.7 Å². The maximum absolute atomic E-state index is 11.1. The fraction of sp³-hybridized carbons (Fsp3) is 1.00. The minimum Gasteiger partial charge on any atom is -0.320 e. The highest BCUT2D eigenvalue weighted by molar-refractivity contribution is 7.47. The first-order chi connectivity index (χ1) is 7.12. The molecular weight excluding hydrogens is 221 g/mol. The Morgan fingerprint density at radius 2 is 1.40 bits per heavy atom. The zero-order valence-electron chi connectivity index (χ0n) is 9.39. The summed E-state index contributed by atoms with van der Waals surface area (Å²) in [5.41, 5.74) is 0. The van der Waals surface area contributed by atoms with Crippen molar-refractivity contribution in [1.29, 1.82) is 0 Å². The van der Waals surface area contributed by atoms with Gasteiger partial charge in [-0.05, 0) is 12.8 Å². The first-order valence-corrected chi connectivity index (χ1v) is 6.49. The smallest absolute Gasteiger partial charge is 0.320 e. The van der Waals surface area contributed by atoms with Crippen LogP contribution in [0.2, 0.25) is 0 Å². The molecule has 0 spiro atoms. The van der Waals surface area contributed by atoms with Gasteiger partial charge in [-0.25, -0.2) is 10.5 Å². The van der Waals surface area contributed by atoms with Crippen molar-refractivity contribution in [3.05, 3.63) is 0 Å². The highest BCUT2D eigenvalue weighted by Gasteiger charge is 2.19. The topological polar surface area (TPSA) is 102 Å². The Hall–Kier alpha value is 0.0300. The van der Waals surface area contributed by atoms with Crippen molar-refractivity contribution in [2.75, 3.05) is 13.2 Å². The standard InChI is InChI=1S/C8H19O4P.H3NO/c1-3-5-7-11-13(9,10)12-8-6-4-2;1-2/h3-8H2,1-2H3,(H,9,10);2H,1H2. The predicted molar refractivity (Wildman–Crippen MR) is 57.5 cm³/mol. The Bertz CT molecular complexity index is 153. The molecule has 0 atom stereocenters. The van der Waals surface area contributed by atoms with Gasteiger partial charge in [-0.2, -0.15) is 0 Å². The molecule has 0 aromatic carbocycles. The molecule has 0 aliphatic rings. The second kappa shape index (κ2) is 12.1. The Morgan fingerprint density at radius 1 is 1.07 bits per heavy atom. The molecule has 7 heteroatoms. The molecule has 94 valence electrons. The van der Waals surface area contributed by atoms with Crippen LogP contribution in [0.5, 0.6) is 0 Å². The quantitative estimate of drug-likeness (QED) is 0.342. The first kappa shape index (κ1) is 17.4. The molecule has 15 heavy (non-hydrogen) atoms. The van der Waals surface area contributed by atoms with E-state index in [1.54, 1.807) is 0 Å². The van der Waals surface area contributed by atoms with E-state index in [0.29, 0.717) is 0 Å². The summed E-state index contributed by atoms with van der Waals surface area (Å²) >= 11 is 0. The third kappa shape index (κ3) is 14.0. The van der Waals surface area contributed by atoms with E-state index in [1.165, 1.54) is 0 Å². The maximum Gasteiger partial charge on any atom is 0.472 e. The van der Waals surface area contributed by atoms with E-state index in [9.17, 15) is 4.57 Å². The van der Waals surface area contributed by atoms with Gasteiger partial charge in [0.2, 0.25) is 0 Å². The second-order valence-corrected chi connectivity index (χ2v) is 4.30. The largest absolute Gasteiger partial charge is 0.472 e. The highest BCUT2D eigenvalue weighted by atomic mass is 31.2. The minimum atomic E-state index is -3.75. The zero-order valence-corrected chi connectivity index (χ0v) is 10.3. The Morgan fingerprint density at radius 3 is 1.67 bits per heavy atom. The average molecular weight is 243 g/mol. The molecular formula is C8H22NO5P. The van der Waals surface area contributed by atoms with Crippen LogP contribution in [0.3, 0.4) is 0 Å². The molecule has 0 amide bonds. The summed E-state index contributed by atoms with van der Waals surface area (Å²) in [7, 11) is -3.75.